The molecular formula is C9H20FOP. The molecule has 0 radical (unpaired) electrons. The average molecular weight is 194 g/mol. The Bertz CT molecular complexity index is 135. The van der Waals surface area contributed by atoms with Crippen LogP contribution in [0.25, 0.3) is 0 Å². The van der Waals surface area contributed by atoms with Gasteiger partial charge >= 0.3 is 0 Å². The number of halogens is 1. The lowest BCUT2D eigenvalue weighted by atomic mass is 10.4. The SMILES string of the molecule is CCCCP(=O)(CF)CCCC. The van der Waals surface area contributed by atoms with Crippen molar-refractivity contribution in [1.82, 2.24) is 0 Å². The fourth-order valence-corrected chi connectivity index (χ4v) is 3.37. The molecule has 0 aliphatic heterocycles. The Morgan fingerprint density at radius 1 is 1.08 bits per heavy atom. The third-order valence-electron chi connectivity index (χ3n) is 2.06. The second-order valence-corrected chi connectivity index (χ2v) is 6.58. The predicted molar refractivity (Wildman–Crippen MR) is 53.1 cm³/mol. The van der Waals surface area contributed by atoms with Crippen molar-refractivity contribution in [2.45, 2.75) is 39.5 Å². The molecular weight excluding hydrogens is 174 g/mol. The van der Waals surface area contributed by atoms with Crippen molar-refractivity contribution < 1.29 is 8.96 Å². The van der Waals surface area contributed by atoms with Crippen LogP contribution in [0.2, 0.25) is 0 Å². The molecule has 12 heavy (non-hydrogen) atoms. The standard InChI is InChI=1S/C9H20FOP/c1-3-5-7-12(11,9-10)8-6-4-2/h3-9H2,1-2H3. The summed E-state index contributed by atoms with van der Waals surface area (Å²) in [4.78, 5) is 0. The van der Waals surface area contributed by atoms with Crippen molar-refractivity contribution in [2.75, 3.05) is 18.7 Å². The van der Waals surface area contributed by atoms with E-state index in [0.29, 0.717) is 12.3 Å². The van der Waals surface area contributed by atoms with Gasteiger partial charge in [0.15, 0.2) is 0 Å². The van der Waals surface area contributed by atoms with E-state index in [2.05, 4.69) is 0 Å². The fraction of sp³-hybridized carbons (Fsp3) is 1.00. The van der Waals surface area contributed by atoms with Gasteiger partial charge in [0.2, 0.25) is 0 Å². The molecule has 0 heterocycles. The summed E-state index contributed by atoms with van der Waals surface area (Å²) in [5.41, 5.74) is 0. The minimum Gasteiger partial charge on any atom is -0.321 e. The first-order chi connectivity index (χ1) is 5.68. The van der Waals surface area contributed by atoms with Crippen LogP contribution in [-0.2, 0) is 4.57 Å². The molecule has 0 aromatic rings. The van der Waals surface area contributed by atoms with Crippen molar-refractivity contribution >= 4 is 7.14 Å². The van der Waals surface area contributed by atoms with Crippen LogP contribution in [0.5, 0.6) is 0 Å². The summed E-state index contributed by atoms with van der Waals surface area (Å²) in [6, 6.07) is 0. The summed E-state index contributed by atoms with van der Waals surface area (Å²) < 4.78 is 24.2. The summed E-state index contributed by atoms with van der Waals surface area (Å²) in [5, 5.41) is 0. The monoisotopic (exact) mass is 194 g/mol. The Kier molecular flexibility index (Phi) is 6.74. The van der Waals surface area contributed by atoms with Crippen LogP contribution in [0.1, 0.15) is 39.5 Å². The van der Waals surface area contributed by atoms with E-state index in [1.165, 1.54) is 0 Å². The van der Waals surface area contributed by atoms with Crippen molar-refractivity contribution in [2.24, 2.45) is 0 Å². The van der Waals surface area contributed by atoms with Crippen molar-refractivity contribution in [3.63, 3.8) is 0 Å². The first kappa shape index (κ1) is 12.2. The number of unbranched alkanes of at least 4 members (excludes halogenated alkanes) is 2. The highest BCUT2D eigenvalue weighted by molar-refractivity contribution is 7.63. The highest BCUT2D eigenvalue weighted by atomic mass is 31.2. The molecule has 0 spiro atoms. The molecule has 0 aromatic carbocycles. The van der Waals surface area contributed by atoms with Gasteiger partial charge in [-0.2, -0.15) is 0 Å². The molecule has 0 amide bonds. The molecule has 0 saturated heterocycles. The summed E-state index contributed by atoms with van der Waals surface area (Å²) >= 11 is 0. The Hall–Kier alpha value is 0.160. The molecule has 0 aliphatic carbocycles. The van der Waals surface area contributed by atoms with Crippen LogP contribution in [0.4, 0.5) is 4.39 Å². The van der Waals surface area contributed by atoms with Gasteiger partial charge in [-0.25, -0.2) is 4.39 Å². The van der Waals surface area contributed by atoms with Crippen molar-refractivity contribution in [3.8, 4) is 0 Å². The molecule has 0 fully saturated rings. The van der Waals surface area contributed by atoms with Crippen LogP contribution in [0, 0.1) is 0 Å². The third-order valence-corrected chi connectivity index (χ3v) is 4.75. The Balaban J connectivity index is 3.79. The van der Waals surface area contributed by atoms with Crippen LogP contribution in [-0.4, -0.2) is 18.7 Å². The molecule has 74 valence electrons. The van der Waals surface area contributed by atoms with E-state index in [-0.39, 0.29) is 0 Å². The molecule has 0 aromatic heterocycles. The Morgan fingerprint density at radius 2 is 1.50 bits per heavy atom. The normalized spacial score (nSPS) is 11.9. The maximum atomic E-state index is 12.4. The smallest absolute Gasteiger partial charge is 0.142 e. The van der Waals surface area contributed by atoms with Gasteiger partial charge in [0.25, 0.3) is 0 Å². The number of hydrogen-bond donors (Lipinski definition) is 0. The maximum Gasteiger partial charge on any atom is 0.142 e. The quantitative estimate of drug-likeness (QED) is 0.562. The van der Waals surface area contributed by atoms with Gasteiger partial charge in [0, 0.05) is 12.3 Å². The number of alkyl halides is 1. The second kappa shape index (κ2) is 6.65. The molecule has 0 atom stereocenters. The van der Waals surface area contributed by atoms with Gasteiger partial charge in [-0.3, -0.25) is 0 Å². The largest absolute Gasteiger partial charge is 0.321 e. The average Bonchev–Trinajstić information content (AvgIpc) is 2.11. The van der Waals surface area contributed by atoms with Crippen LogP contribution in [0.15, 0.2) is 0 Å². The van der Waals surface area contributed by atoms with Crippen LogP contribution >= 0.6 is 7.14 Å². The minimum atomic E-state index is -2.40. The van der Waals surface area contributed by atoms with E-state index in [9.17, 15) is 8.96 Å². The first-order valence-electron chi connectivity index (χ1n) is 4.81. The first-order valence-corrected chi connectivity index (χ1v) is 7.08. The Labute approximate surface area is 75.1 Å². The van der Waals surface area contributed by atoms with E-state index in [0.717, 1.165) is 25.7 Å². The highest BCUT2D eigenvalue weighted by Crippen LogP contribution is 2.47. The summed E-state index contributed by atoms with van der Waals surface area (Å²) in [6.45, 7) is 4.09. The molecule has 0 rings (SSSR count). The molecule has 1 nitrogen and oxygen atoms in total. The third kappa shape index (κ3) is 4.92. The lowest BCUT2D eigenvalue weighted by molar-refractivity contribution is 0.524. The van der Waals surface area contributed by atoms with Crippen LogP contribution in [0.3, 0.4) is 0 Å². The molecule has 3 heteroatoms. The second-order valence-electron chi connectivity index (χ2n) is 3.33. The Morgan fingerprint density at radius 3 is 1.75 bits per heavy atom. The number of hydrogen-bond acceptors (Lipinski definition) is 1. The lowest BCUT2D eigenvalue weighted by Gasteiger charge is -2.12. The van der Waals surface area contributed by atoms with E-state index in [4.69, 9.17) is 0 Å². The topological polar surface area (TPSA) is 17.1 Å². The highest BCUT2D eigenvalue weighted by Gasteiger charge is 2.19. The molecule has 0 unspecified atom stereocenters. The van der Waals surface area contributed by atoms with Gasteiger partial charge in [0.1, 0.15) is 13.6 Å². The molecule has 0 N–H and O–H groups in total. The van der Waals surface area contributed by atoms with Gasteiger partial charge in [0.05, 0.1) is 0 Å². The van der Waals surface area contributed by atoms with E-state index in [1.807, 2.05) is 13.8 Å². The fourth-order valence-electron chi connectivity index (χ4n) is 1.12. The maximum absolute atomic E-state index is 12.4. The zero-order chi connectivity index (χ0) is 9.45. The van der Waals surface area contributed by atoms with Gasteiger partial charge in [-0.05, 0) is 12.8 Å². The molecule has 0 aliphatic rings. The van der Waals surface area contributed by atoms with E-state index < -0.39 is 13.6 Å². The van der Waals surface area contributed by atoms with Gasteiger partial charge in [-0.1, -0.05) is 26.7 Å². The van der Waals surface area contributed by atoms with Crippen LogP contribution < -0.4 is 0 Å². The lowest BCUT2D eigenvalue weighted by Crippen LogP contribution is -1.97. The summed E-state index contributed by atoms with van der Waals surface area (Å²) in [7, 11) is -2.40. The predicted octanol–water partition coefficient (Wildman–Crippen LogP) is 3.88. The summed E-state index contributed by atoms with van der Waals surface area (Å²) in [5.74, 6) is 0. The van der Waals surface area contributed by atoms with Gasteiger partial charge in [-0.15, -0.1) is 0 Å². The molecule has 0 bridgehead atoms. The van der Waals surface area contributed by atoms with Crippen molar-refractivity contribution in [1.29, 1.82) is 0 Å². The zero-order valence-corrected chi connectivity index (χ0v) is 9.08. The number of rotatable bonds is 7. The van der Waals surface area contributed by atoms with E-state index in [1.54, 1.807) is 0 Å². The van der Waals surface area contributed by atoms with Crippen molar-refractivity contribution in [3.05, 3.63) is 0 Å². The molecule has 0 saturated carbocycles. The van der Waals surface area contributed by atoms with E-state index >= 15 is 0 Å². The minimum absolute atomic E-state index is 0.590. The van der Waals surface area contributed by atoms with Gasteiger partial charge < -0.3 is 4.57 Å². The zero-order valence-electron chi connectivity index (χ0n) is 8.18. The summed E-state index contributed by atoms with van der Waals surface area (Å²) in [6.07, 6.45) is 4.47.